The van der Waals surface area contributed by atoms with E-state index in [-0.39, 0.29) is 24.2 Å². The monoisotopic (exact) mass is 211 g/mol. The standard InChI is InChI=1S/C10H13NO4/c1-5-7-8(15-11-5)6-4-10(9(7)14-6)12-2-3-13-10/h6-9H,2-4H2,1H3/t6-,7-,8-,9-/m0/s1. The quantitative estimate of drug-likeness (QED) is 0.578. The molecule has 15 heavy (non-hydrogen) atoms. The third-order valence-corrected chi connectivity index (χ3v) is 3.86. The van der Waals surface area contributed by atoms with Gasteiger partial charge in [0.2, 0.25) is 0 Å². The van der Waals surface area contributed by atoms with Gasteiger partial charge < -0.3 is 19.0 Å². The number of oxime groups is 1. The fraction of sp³-hybridized carbons (Fsp3) is 0.900. The van der Waals surface area contributed by atoms with Crippen LogP contribution < -0.4 is 0 Å². The molecule has 0 aliphatic carbocycles. The van der Waals surface area contributed by atoms with Crippen molar-refractivity contribution < 1.29 is 19.0 Å². The van der Waals surface area contributed by atoms with Gasteiger partial charge in [-0.15, -0.1) is 0 Å². The molecule has 0 aromatic heterocycles. The van der Waals surface area contributed by atoms with Crippen molar-refractivity contribution in [3.63, 3.8) is 0 Å². The number of nitrogens with zero attached hydrogens (tertiary/aromatic N) is 1. The van der Waals surface area contributed by atoms with Crippen LogP contribution in [0.5, 0.6) is 0 Å². The van der Waals surface area contributed by atoms with Gasteiger partial charge in [-0.3, -0.25) is 0 Å². The van der Waals surface area contributed by atoms with E-state index >= 15 is 0 Å². The van der Waals surface area contributed by atoms with Crippen LogP contribution in [0.1, 0.15) is 13.3 Å². The highest BCUT2D eigenvalue weighted by molar-refractivity contribution is 5.87. The van der Waals surface area contributed by atoms with Gasteiger partial charge in [-0.1, -0.05) is 5.16 Å². The first-order chi connectivity index (χ1) is 7.30. The second-order valence-electron chi connectivity index (χ2n) is 4.64. The highest BCUT2D eigenvalue weighted by Gasteiger charge is 2.68. The Balaban J connectivity index is 1.72. The molecule has 0 saturated carbocycles. The van der Waals surface area contributed by atoms with E-state index in [0.717, 1.165) is 12.1 Å². The Kier molecular flexibility index (Phi) is 1.43. The van der Waals surface area contributed by atoms with Crippen LogP contribution in [0, 0.1) is 5.92 Å². The summed E-state index contributed by atoms with van der Waals surface area (Å²) in [5.74, 6) is -0.280. The molecule has 5 nitrogen and oxygen atoms in total. The molecule has 4 aliphatic rings. The van der Waals surface area contributed by atoms with Crippen LogP contribution in [0.15, 0.2) is 5.16 Å². The van der Waals surface area contributed by atoms with Gasteiger partial charge in [-0.05, 0) is 6.92 Å². The maximum Gasteiger partial charge on any atom is 0.198 e. The minimum absolute atomic E-state index is 0.0266. The Labute approximate surface area is 87.3 Å². The van der Waals surface area contributed by atoms with Gasteiger partial charge >= 0.3 is 0 Å². The molecular formula is C10H13NO4. The molecule has 82 valence electrons. The summed E-state index contributed by atoms with van der Waals surface area (Å²) in [5, 5.41) is 4.04. The lowest BCUT2D eigenvalue weighted by Gasteiger charge is -2.33. The van der Waals surface area contributed by atoms with Crippen LogP contribution in [0.3, 0.4) is 0 Å². The average molecular weight is 211 g/mol. The highest BCUT2D eigenvalue weighted by atomic mass is 16.8. The van der Waals surface area contributed by atoms with Crippen LogP contribution in [-0.4, -0.2) is 43.0 Å². The number of fused-ring (bicyclic) bond motifs is 6. The van der Waals surface area contributed by atoms with Crippen molar-refractivity contribution in [3.8, 4) is 0 Å². The third-order valence-electron chi connectivity index (χ3n) is 3.86. The first-order valence-electron chi connectivity index (χ1n) is 5.44. The number of ether oxygens (including phenoxy) is 3. The highest BCUT2D eigenvalue weighted by Crippen LogP contribution is 2.52. The average Bonchev–Trinajstić information content (AvgIpc) is 2.91. The Morgan fingerprint density at radius 3 is 2.93 bits per heavy atom. The Morgan fingerprint density at radius 2 is 2.13 bits per heavy atom. The zero-order valence-electron chi connectivity index (χ0n) is 8.51. The number of rotatable bonds is 0. The minimum Gasteiger partial charge on any atom is -0.389 e. The molecule has 5 heteroatoms. The van der Waals surface area contributed by atoms with Crippen molar-refractivity contribution >= 4 is 5.71 Å². The molecule has 4 rings (SSSR count). The molecule has 4 aliphatic heterocycles. The fourth-order valence-corrected chi connectivity index (χ4v) is 3.24. The molecule has 0 unspecified atom stereocenters. The van der Waals surface area contributed by atoms with Crippen molar-refractivity contribution in [3.05, 3.63) is 0 Å². The summed E-state index contributed by atoms with van der Waals surface area (Å²) < 4.78 is 17.4. The zero-order valence-corrected chi connectivity index (χ0v) is 8.51. The van der Waals surface area contributed by atoms with E-state index in [9.17, 15) is 0 Å². The van der Waals surface area contributed by atoms with Crippen molar-refractivity contribution in [1.82, 2.24) is 0 Å². The van der Waals surface area contributed by atoms with Crippen molar-refractivity contribution in [2.45, 2.75) is 37.4 Å². The predicted molar refractivity (Wildman–Crippen MR) is 49.4 cm³/mol. The lowest BCUT2D eigenvalue weighted by molar-refractivity contribution is -0.197. The van der Waals surface area contributed by atoms with Crippen LogP contribution in [-0.2, 0) is 19.0 Å². The summed E-state index contributed by atoms with van der Waals surface area (Å²) in [6.45, 7) is 3.32. The van der Waals surface area contributed by atoms with E-state index < -0.39 is 5.79 Å². The molecule has 4 atom stereocenters. The molecule has 4 heterocycles. The topological polar surface area (TPSA) is 49.3 Å². The van der Waals surface area contributed by atoms with Crippen molar-refractivity contribution in [2.24, 2.45) is 11.1 Å². The lowest BCUT2D eigenvalue weighted by atomic mass is 9.80. The SMILES string of the molecule is CC1=NO[C@@H]2[C@H]1[C@@H]1O[C@H]2CC12OCCO2. The molecule has 0 amide bonds. The summed E-state index contributed by atoms with van der Waals surface area (Å²) in [7, 11) is 0. The zero-order chi connectivity index (χ0) is 10.0. The van der Waals surface area contributed by atoms with E-state index in [4.69, 9.17) is 19.0 Å². The predicted octanol–water partition coefficient (Wildman–Crippen LogP) is 0.291. The molecule has 0 N–H and O–H groups in total. The summed E-state index contributed by atoms with van der Waals surface area (Å²) in [6, 6.07) is 0. The normalized spacial score (nSPS) is 49.5. The van der Waals surface area contributed by atoms with Gasteiger partial charge in [0.05, 0.1) is 24.8 Å². The second kappa shape index (κ2) is 2.53. The maximum atomic E-state index is 5.89. The largest absolute Gasteiger partial charge is 0.389 e. The summed E-state index contributed by atoms with van der Waals surface area (Å²) in [5.41, 5.74) is 1.01. The molecular weight excluding hydrogens is 198 g/mol. The van der Waals surface area contributed by atoms with Gasteiger partial charge in [0, 0.05) is 6.42 Å². The van der Waals surface area contributed by atoms with Gasteiger partial charge in [-0.25, -0.2) is 0 Å². The number of hydrogen-bond donors (Lipinski definition) is 0. The molecule has 1 spiro atoms. The summed E-state index contributed by atoms with van der Waals surface area (Å²) >= 11 is 0. The van der Waals surface area contributed by atoms with E-state index in [1.54, 1.807) is 0 Å². The van der Waals surface area contributed by atoms with Crippen molar-refractivity contribution in [1.29, 1.82) is 0 Å². The van der Waals surface area contributed by atoms with Crippen LogP contribution in [0.4, 0.5) is 0 Å². The van der Waals surface area contributed by atoms with Gasteiger partial charge in [0.15, 0.2) is 11.9 Å². The smallest absolute Gasteiger partial charge is 0.198 e. The van der Waals surface area contributed by atoms with E-state index in [1.165, 1.54) is 0 Å². The lowest BCUT2D eigenvalue weighted by Crippen LogP contribution is -2.50. The van der Waals surface area contributed by atoms with Crippen molar-refractivity contribution in [2.75, 3.05) is 13.2 Å². The summed E-state index contributed by atoms with van der Waals surface area (Å²) in [4.78, 5) is 5.38. The Hall–Kier alpha value is -0.650. The fourth-order valence-electron chi connectivity index (χ4n) is 3.24. The Morgan fingerprint density at radius 1 is 1.33 bits per heavy atom. The van der Waals surface area contributed by atoms with E-state index in [2.05, 4.69) is 5.16 Å². The molecule has 0 aromatic carbocycles. The third kappa shape index (κ3) is 0.874. The van der Waals surface area contributed by atoms with E-state index in [1.807, 2.05) is 6.92 Å². The molecule has 3 fully saturated rings. The first kappa shape index (κ1) is 8.50. The molecule has 0 aromatic rings. The van der Waals surface area contributed by atoms with Gasteiger partial charge in [0.1, 0.15) is 12.2 Å². The molecule has 3 saturated heterocycles. The minimum atomic E-state index is -0.504. The van der Waals surface area contributed by atoms with Gasteiger partial charge in [-0.2, -0.15) is 0 Å². The Bertz CT molecular complexity index is 336. The second-order valence-corrected chi connectivity index (χ2v) is 4.64. The number of hydrogen-bond acceptors (Lipinski definition) is 5. The van der Waals surface area contributed by atoms with E-state index in [0.29, 0.717) is 13.2 Å². The van der Waals surface area contributed by atoms with Gasteiger partial charge in [0.25, 0.3) is 0 Å². The maximum absolute atomic E-state index is 5.89. The van der Waals surface area contributed by atoms with Crippen LogP contribution in [0.2, 0.25) is 0 Å². The molecule has 0 radical (unpaired) electrons. The first-order valence-corrected chi connectivity index (χ1v) is 5.44. The molecule has 2 bridgehead atoms. The summed E-state index contributed by atoms with van der Waals surface area (Å²) in [6.07, 6.45) is 0.927. The van der Waals surface area contributed by atoms with Crippen LogP contribution in [0.25, 0.3) is 0 Å². The van der Waals surface area contributed by atoms with Crippen LogP contribution >= 0.6 is 0 Å².